The van der Waals surface area contributed by atoms with Crippen molar-refractivity contribution in [1.82, 2.24) is 16.0 Å². The van der Waals surface area contributed by atoms with Crippen LogP contribution in [0, 0.1) is 12.3 Å². The molecule has 0 saturated carbocycles. The Hall–Kier alpha value is -1.54. The SMILES string of the molecule is C#CCNCC(=O)NC1CCC(=O)NC1. The van der Waals surface area contributed by atoms with Crippen LogP contribution in [0.4, 0.5) is 0 Å². The minimum absolute atomic E-state index is 0.0443. The molecule has 1 fully saturated rings. The molecule has 3 N–H and O–H groups in total. The molecule has 0 aromatic heterocycles. The van der Waals surface area contributed by atoms with Crippen molar-refractivity contribution in [3.8, 4) is 12.3 Å². The molecule has 5 nitrogen and oxygen atoms in total. The van der Waals surface area contributed by atoms with Gasteiger partial charge in [-0.05, 0) is 6.42 Å². The molecule has 15 heavy (non-hydrogen) atoms. The highest BCUT2D eigenvalue weighted by Gasteiger charge is 2.18. The number of carbonyl (C=O) groups is 2. The predicted octanol–water partition coefficient (Wildman–Crippen LogP) is -1.40. The summed E-state index contributed by atoms with van der Waals surface area (Å²) in [4.78, 5) is 22.2. The summed E-state index contributed by atoms with van der Waals surface area (Å²) >= 11 is 0. The van der Waals surface area contributed by atoms with E-state index in [1.54, 1.807) is 0 Å². The third-order valence-electron chi connectivity index (χ3n) is 2.14. The maximum Gasteiger partial charge on any atom is 0.234 e. The summed E-state index contributed by atoms with van der Waals surface area (Å²) in [7, 11) is 0. The highest BCUT2D eigenvalue weighted by atomic mass is 16.2. The van der Waals surface area contributed by atoms with E-state index in [1.165, 1.54) is 0 Å². The van der Waals surface area contributed by atoms with Crippen molar-refractivity contribution in [2.24, 2.45) is 0 Å². The van der Waals surface area contributed by atoms with Gasteiger partial charge in [-0.1, -0.05) is 5.92 Å². The molecule has 0 radical (unpaired) electrons. The number of hydrogen-bond donors (Lipinski definition) is 3. The molecule has 1 saturated heterocycles. The monoisotopic (exact) mass is 209 g/mol. The number of piperidine rings is 1. The number of terminal acetylenes is 1. The lowest BCUT2D eigenvalue weighted by atomic mass is 10.1. The fourth-order valence-corrected chi connectivity index (χ4v) is 1.38. The van der Waals surface area contributed by atoms with Crippen LogP contribution in [0.2, 0.25) is 0 Å². The van der Waals surface area contributed by atoms with Gasteiger partial charge in [-0.3, -0.25) is 14.9 Å². The molecule has 2 amide bonds. The third-order valence-corrected chi connectivity index (χ3v) is 2.14. The lowest BCUT2D eigenvalue weighted by Gasteiger charge is -2.23. The first-order valence-electron chi connectivity index (χ1n) is 4.92. The van der Waals surface area contributed by atoms with E-state index < -0.39 is 0 Å². The van der Waals surface area contributed by atoms with E-state index >= 15 is 0 Å². The Kier molecular flexibility index (Phi) is 4.64. The van der Waals surface area contributed by atoms with Crippen molar-refractivity contribution in [3.05, 3.63) is 0 Å². The zero-order chi connectivity index (χ0) is 11.1. The molecule has 1 rings (SSSR count). The molecule has 5 heteroatoms. The second kappa shape index (κ2) is 6.04. The van der Waals surface area contributed by atoms with E-state index in [2.05, 4.69) is 21.9 Å². The lowest BCUT2D eigenvalue weighted by Crippen LogP contribution is -2.49. The van der Waals surface area contributed by atoms with Crippen molar-refractivity contribution in [2.75, 3.05) is 19.6 Å². The van der Waals surface area contributed by atoms with Crippen LogP contribution >= 0.6 is 0 Å². The van der Waals surface area contributed by atoms with E-state index in [4.69, 9.17) is 6.42 Å². The van der Waals surface area contributed by atoms with Crippen LogP contribution in [0.1, 0.15) is 12.8 Å². The van der Waals surface area contributed by atoms with Gasteiger partial charge in [0.05, 0.1) is 13.1 Å². The second-order valence-corrected chi connectivity index (χ2v) is 3.41. The first kappa shape index (κ1) is 11.5. The Morgan fingerprint density at radius 3 is 3.07 bits per heavy atom. The summed E-state index contributed by atoms with van der Waals surface area (Å²) < 4.78 is 0. The fraction of sp³-hybridized carbons (Fsp3) is 0.600. The van der Waals surface area contributed by atoms with Gasteiger partial charge in [0.25, 0.3) is 0 Å². The lowest BCUT2D eigenvalue weighted by molar-refractivity contribution is -0.125. The topological polar surface area (TPSA) is 70.2 Å². The molecule has 82 valence electrons. The number of rotatable bonds is 4. The highest BCUT2D eigenvalue weighted by Crippen LogP contribution is 2.01. The second-order valence-electron chi connectivity index (χ2n) is 3.41. The van der Waals surface area contributed by atoms with Crippen LogP contribution in [-0.4, -0.2) is 37.5 Å². The van der Waals surface area contributed by atoms with Gasteiger partial charge in [0.15, 0.2) is 0 Å². The van der Waals surface area contributed by atoms with Crippen molar-refractivity contribution >= 4 is 11.8 Å². The standard InChI is InChI=1S/C10H15N3O2/c1-2-5-11-7-10(15)13-8-3-4-9(14)12-6-8/h1,8,11H,3-7H2,(H,12,14)(H,13,15). The van der Waals surface area contributed by atoms with Crippen molar-refractivity contribution in [2.45, 2.75) is 18.9 Å². The normalized spacial score (nSPS) is 20.2. The Balaban J connectivity index is 2.15. The van der Waals surface area contributed by atoms with E-state index in [1.807, 2.05) is 0 Å². The molecule has 0 spiro atoms. The van der Waals surface area contributed by atoms with Gasteiger partial charge in [0.1, 0.15) is 0 Å². The van der Waals surface area contributed by atoms with E-state index in [-0.39, 0.29) is 24.4 Å². The minimum Gasteiger partial charge on any atom is -0.354 e. The maximum absolute atomic E-state index is 11.3. The Bertz CT molecular complexity index is 273. The molecular formula is C10H15N3O2. The largest absolute Gasteiger partial charge is 0.354 e. The van der Waals surface area contributed by atoms with Gasteiger partial charge >= 0.3 is 0 Å². The first-order valence-corrected chi connectivity index (χ1v) is 4.92. The highest BCUT2D eigenvalue weighted by molar-refractivity contribution is 5.80. The summed E-state index contributed by atoms with van der Waals surface area (Å²) in [6.45, 7) is 1.11. The van der Waals surface area contributed by atoms with Crippen LogP contribution in [0.5, 0.6) is 0 Å². The van der Waals surface area contributed by atoms with Gasteiger partial charge in [-0.15, -0.1) is 6.42 Å². The molecule has 0 aromatic rings. The molecule has 0 bridgehead atoms. The molecule has 1 aliphatic rings. The summed E-state index contributed by atoms with van der Waals surface area (Å²) in [6.07, 6.45) is 6.20. The molecule has 1 unspecified atom stereocenters. The number of nitrogens with one attached hydrogen (secondary N) is 3. The Morgan fingerprint density at radius 2 is 2.47 bits per heavy atom. The summed E-state index contributed by atoms with van der Waals surface area (Å²) in [6, 6.07) is 0.0443. The van der Waals surface area contributed by atoms with Gasteiger partial charge in [0, 0.05) is 19.0 Å². The maximum atomic E-state index is 11.3. The van der Waals surface area contributed by atoms with Gasteiger partial charge in [-0.2, -0.15) is 0 Å². The Morgan fingerprint density at radius 1 is 1.67 bits per heavy atom. The van der Waals surface area contributed by atoms with Crippen LogP contribution in [0.25, 0.3) is 0 Å². The van der Waals surface area contributed by atoms with Gasteiger partial charge < -0.3 is 10.6 Å². The Labute approximate surface area is 89.0 Å². The zero-order valence-corrected chi connectivity index (χ0v) is 8.51. The third kappa shape index (κ3) is 4.47. The zero-order valence-electron chi connectivity index (χ0n) is 8.51. The average Bonchev–Trinajstić information content (AvgIpc) is 2.22. The van der Waals surface area contributed by atoms with Crippen molar-refractivity contribution < 1.29 is 9.59 Å². The van der Waals surface area contributed by atoms with Crippen molar-refractivity contribution in [3.63, 3.8) is 0 Å². The average molecular weight is 209 g/mol. The van der Waals surface area contributed by atoms with E-state index in [9.17, 15) is 9.59 Å². The molecule has 0 aromatic carbocycles. The minimum atomic E-state index is -0.0913. The molecule has 1 aliphatic heterocycles. The van der Waals surface area contributed by atoms with Crippen LogP contribution in [-0.2, 0) is 9.59 Å². The predicted molar refractivity (Wildman–Crippen MR) is 55.9 cm³/mol. The molecule has 0 aliphatic carbocycles. The van der Waals surface area contributed by atoms with Crippen molar-refractivity contribution in [1.29, 1.82) is 0 Å². The van der Waals surface area contributed by atoms with Crippen LogP contribution in [0.15, 0.2) is 0 Å². The van der Waals surface area contributed by atoms with Crippen LogP contribution in [0.3, 0.4) is 0 Å². The number of hydrogen-bond acceptors (Lipinski definition) is 3. The number of carbonyl (C=O) groups excluding carboxylic acids is 2. The van der Waals surface area contributed by atoms with Crippen LogP contribution < -0.4 is 16.0 Å². The summed E-state index contributed by atoms with van der Waals surface area (Å²) in [5, 5.41) is 8.31. The fourth-order valence-electron chi connectivity index (χ4n) is 1.38. The quantitative estimate of drug-likeness (QED) is 0.394. The molecular weight excluding hydrogens is 194 g/mol. The van der Waals surface area contributed by atoms with E-state index in [0.29, 0.717) is 25.9 Å². The summed E-state index contributed by atoms with van der Waals surface area (Å²) in [5.74, 6) is 2.34. The van der Waals surface area contributed by atoms with Gasteiger partial charge in [0.2, 0.25) is 11.8 Å². The molecule has 1 heterocycles. The van der Waals surface area contributed by atoms with E-state index in [0.717, 1.165) is 0 Å². The van der Waals surface area contributed by atoms with Gasteiger partial charge in [-0.25, -0.2) is 0 Å². The molecule has 1 atom stereocenters. The summed E-state index contributed by atoms with van der Waals surface area (Å²) in [5.41, 5.74) is 0. The smallest absolute Gasteiger partial charge is 0.234 e. The first-order chi connectivity index (χ1) is 7.22. The number of amides is 2.